The van der Waals surface area contributed by atoms with E-state index in [1.807, 2.05) is 73.7 Å². The van der Waals surface area contributed by atoms with Crippen molar-refractivity contribution in [1.82, 2.24) is 0 Å². The SMILES string of the molecule is CC(Sc1ccccc1)C(CSc1ccccc1)S(=O)(=O)c1ccccc1. The Morgan fingerprint density at radius 3 is 1.78 bits per heavy atom. The number of thioether (sulfide) groups is 2. The average molecular weight is 415 g/mol. The molecule has 0 radical (unpaired) electrons. The van der Waals surface area contributed by atoms with E-state index in [4.69, 9.17) is 0 Å². The number of benzene rings is 3. The molecule has 27 heavy (non-hydrogen) atoms. The molecule has 0 aliphatic heterocycles. The van der Waals surface area contributed by atoms with E-state index in [1.165, 1.54) is 0 Å². The van der Waals surface area contributed by atoms with Crippen LogP contribution in [0.4, 0.5) is 0 Å². The topological polar surface area (TPSA) is 34.1 Å². The van der Waals surface area contributed by atoms with Crippen molar-refractivity contribution in [2.45, 2.75) is 32.1 Å². The summed E-state index contributed by atoms with van der Waals surface area (Å²) in [5, 5.41) is -0.566. The molecule has 0 amide bonds. The Morgan fingerprint density at radius 1 is 0.741 bits per heavy atom. The highest BCUT2D eigenvalue weighted by atomic mass is 32.2. The van der Waals surface area contributed by atoms with Gasteiger partial charge in [0.05, 0.1) is 10.1 Å². The molecule has 0 fully saturated rings. The van der Waals surface area contributed by atoms with E-state index in [-0.39, 0.29) is 5.25 Å². The second-order valence-electron chi connectivity index (χ2n) is 6.16. The summed E-state index contributed by atoms with van der Waals surface area (Å²) in [6, 6.07) is 28.7. The number of hydrogen-bond acceptors (Lipinski definition) is 4. The van der Waals surface area contributed by atoms with Crippen molar-refractivity contribution in [2.75, 3.05) is 5.75 Å². The van der Waals surface area contributed by atoms with E-state index >= 15 is 0 Å². The Kier molecular flexibility index (Phi) is 7.05. The zero-order valence-electron chi connectivity index (χ0n) is 15.1. The number of sulfone groups is 1. The lowest BCUT2D eigenvalue weighted by Crippen LogP contribution is -2.32. The lowest BCUT2D eigenvalue weighted by Gasteiger charge is -2.24. The first-order chi connectivity index (χ1) is 13.1. The molecule has 0 bridgehead atoms. The minimum absolute atomic E-state index is 0.0752. The number of hydrogen-bond donors (Lipinski definition) is 0. The monoisotopic (exact) mass is 414 g/mol. The van der Waals surface area contributed by atoms with Gasteiger partial charge in [-0.1, -0.05) is 61.5 Å². The van der Waals surface area contributed by atoms with Gasteiger partial charge in [-0.2, -0.15) is 0 Å². The van der Waals surface area contributed by atoms with Crippen LogP contribution in [0.3, 0.4) is 0 Å². The summed E-state index contributed by atoms with van der Waals surface area (Å²) in [4.78, 5) is 2.56. The molecule has 0 aliphatic rings. The maximum Gasteiger partial charge on any atom is 0.183 e. The summed E-state index contributed by atoms with van der Waals surface area (Å²) in [5.74, 6) is 0.516. The lowest BCUT2D eigenvalue weighted by atomic mass is 10.3. The predicted molar refractivity (Wildman–Crippen MR) is 116 cm³/mol. The first-order valence-corrected chi connectivity index (χ1v) is 12.2. The molecule has 0 aliphatic carbocycles. The third-order valence-corrected chi connectivity index (χ3v) is 9.28. The molecule has 0 heterocycles. The Morgan fingerprint density at radius 2 is 1.22 bits per heavy atom. The molecule has 0 N–H and O–H groups in total. The van der Waals surface area contributed by atoms with Gasteiger partial charge in [0.1, 0.15) is 0 Å². The molecule has 0 saturated carbocycles. The molecule has 2 unspecified atom stereocenters. The Bertz CT molecular complexity index is 927. The molecule has 5 heteroatoms. The summed E-state index contributed by atoms with van der Waals surface area (Å²) in [6.45, 7) is 2.01. The third kappa shape index (κ3) is 5.41. The fourth-order valence-electron chi connectivity index (χ4n) is 2.75. The van der Waals surface area contributed by atoms with Gasteiger partial charge in [0.15, 0.2) is 9.84 Å². The van der Waals surface area contributed by atoms with Crippen molar-refractivity contribution in [3.8, 4) is 0 Å². The van der Waals surface area contributed by atoms with Crippen LogP contribution in [0, 0.1) is 0 Å². The lowest BCUT2D eigenvalue weighted by molar-refractivity contribution is 0.583. The van der Waals surface area contributed by atoms with Gasteiger partial charge in [-0.25, -0.2) is 8.42 Å². The number of rotatable bonds is 8. The van der Waals surface area contributed by atoms with E-state index in [0.717, 1.165) is 9.79 Å². The van der Waals surface area contributed by atoms with Gasteiger partial charge >= 0.3 is 0 Å². The first-order valence-electron chi connectivity index (χ1n) is 8.76. The summed E-state index contributed by atoms with van der Waals surface area (Å²) >= 11 is 3.21. The normalized spacial score (nSPS) is 13.8. The highest BCUT2D eigenvalue weighted by Gasteiger charge is 2.33. The van der Waals surface area contributed by atoms with Gasteiger partial charge in [-0.15, -0.1) is 23.5 Å². The van der Waals surface area contributed by atoms with Gasteiger partial charge in [0.25, 0.3) is 0 Å². The summed E-state index contributed by atoms with van der Waals surface area (Å²) < 4.78 is 26.7. The van der Waals surface area contributed by atoms with E-state index in [0.29, 0.717) is 10.6 Å². The molecular formula is C22H22O2S3. The van der Waals surface area contributed by atoms with Crippen molar-refractivity contribution in [3.63, 3.8) is 0 Å². The summed E-state index contributed by atoms with van der Waals surface area (Å²) in [5.41, 5.74) is 0. The van der Waals surface area contributed by atoms with Crippen LogP contribution in [0.2, 0.25) is 0 Å². The molecule has 0 spiro atoms. The second-order valence-corrected chi connectivity index (χ2v) is 10.9. The minimum atomic E-state index is -3.43. The van der Waals surface area contributed by atoms with Crippen molar-refractivity contribution in [2.24, 2.45) is 0 Å². The van der Waals surface area contributed by atoms with Crippen LogP contribution >= 0.6 is 23.5 Å². The molecular weight excluding hydrogens is 392 g/mol. The largest absolute Gasteiger partial charge is 0.223 e. The van der Waals surface area contributed by atoms with Crippen LogP contribution < -0.4 is 0 Å². The highest BCUT2D eigenvalue weighted by molar-refractivity contribution is 8.03. The molecule has 0 aromatic heterocycles. The molecule has 2 nitrogen and oxygen atoms in total. The van der Waals surface area contributed by atoms with Crippen molar-refractivity contribution < 1.29 is 8.42 Å². The molecule has 2 atom stereocenters. The molecule has 3 rings (SSSR count). The van der Waals surface area contributed by atoms with Crippen molar-refractivity contribution >= 4 is 33.4 Å². The second kappa shape index (κ2) is 9.49. The Balaban J connectivity index is 1.85. The summed E-state index contributed by atoms with van der Waals surface area (Å²) in [7, 11) is -3.43. The summed E-state index contributed by atoms with van der Waals surface area (Å²) in [6.07, 6.45) is 0. The van der Waals surface area contributed by atoms with Gasteiger partial charge < -0.3 is 0 Å². The van der Waals surface area contributed by atoms with E-state index in [9.17, 15) is 8.42 Å². The maximum absolute atomic E-state index is 13.4. The van der Waals surface area contributed by atoms with E-state index in [2.05, 4.69) is 0 Å². The van der Waals surface area contributed by atoms with Gasteiger partial charge in [0.2, 0.25) is 0 Å². The Labute approximate surface area is 170 Å². The minimum Gasteiger partial charge on any atom is -0.223 e. The predicted octanol–water partition coefficient (Wildman–Crippen LogP) is 5.80. The fourth-order valence-corrected chi connectivity index (χ4v) is 7.77. The molecule has 140 valence electrons. The van der Waals surface area contributed by atoms with Crippen LogP contribution in [-0.2, 0) is 9.84 Å². The third-order valence-electron chi connectivity index (χ3n) is 4.22. The molecule has 3 aromatic rings. The van der Waals surface area contributed by atoms with Gasteiger partial charge in [0, 0.05) is 20.8 Å². The average Bonchev–Trinajstić information content (AvgIpc) is 2.70. The highest BCUT2D eigenvalue weighted by Crippen LogP contribution is 2.33. The van der Waals surface area contributed by atoms with Crippen LogP contribution in [0.5, 0.6) is 0 Å². The van der Waals surface area contributed by atoms with Crippen molar-refractivity contribution in [3.05, 3.63) is 91.0 Å². The maximum atomic E-state index is 13.4. The quantitative estimate of drug-likeness (QED) is 0.436. The molecule has 3 aromatic carbocycles. The standard InChI is InChI=1S/C22H22O2S3/c1-18(26-20-13-7-3-8-14-20)22(17-25-19-11-5-2-6-12-19)27(23,24)21-15-9-4-10-16-21/h2-16,18,22H,17H2,1H3. The van der Waals surface area contributed by atoms with Gasteiger partial charge in [-0.3, -0.25) is 0 Å². The van der Waals surface area contributed by atoms with Crippen LogP contribution in [-0.4, -0.2) is 24.7 Å². The zero-order chi connectivity index (χ0) is 19.1. The molecule has 0 saturated heterocycles. The van der Waals surface area contributed by atoms with Gasteiger partial charge in [-0.05, 0) is 36.4 Å². The zero-order valence-corrected chi connectivity index (χ0v) is 17.5. The van der Waals surface area contributed by atoms with Crippen LogP contribution in [0.25, 0.3) is 0 Å². The fraction of sp³-hybridized carbons (Fsp3) is 0.182. The Hall–Kier alpha value is -1.69. The van der Waals surface area contributed by atoms with Crippen molar-refractivity contribution in [1.29, 1.82) is 0 Å². The smallest absolute Gasteiger partial charge is 0.183 e. The van der Waals surface area contributed by atoms with Crippen LogP contribution in [0.1, 0.15) is 6.92 Å². The van der Waals surface area contributed by atoms with E-state index < -0.39 is 15.1 Å². The first kappa shape index (κ1) is 20.1. The van der Waals surface area contributed by atoms with E-state index in [1.54, 1.807) is 47.8 Å². The van der Waals surface area contributed by atoms with Crippen LogP contribution in [0.15, 0.2) is 106 Å².